The molecule has 2 aromatic rings. The van der Waals surface area contributed by atoms with Crippen molar-refractivity contribution in [2.75, 3.05) is 6.54 Å². The van der Waals surface area contributed by atoms with Crippen LogP contribution in [0.25, 0.3) is 0 Å². The summed E-state index contributed by atoms with van der Waals surface area (Å²) in [5, 5.41) is 10.9. The molecule has 1 atom stereocenters. The first-order valence-electron chi connectivity index (χ1n) is 6.94. The summed E-state index contributed by atoms with van der Waals surface area (Å²) in [6, 6.07) is 3.59. The second-order valence-electron chi connectivity index (χ2n) is 4.97. The summed E-state index contributed by atoms with van der Waals surface area (Å²) < 4.78 is 1.91. The van der Waals surface area contributed by atoms with Gasteiger partial charge in [0.15, 0.2) is 0 Å². The smallest absolute Gasteiger partial charge is 0.264 e. The standard InChI is InChI=1S/C13H18N6O/c1-2-19-12(14-9-15-19)8-18-7-3-4-11(18)10-5-6-13(20)17-16-10/h5-6,9,11H,2-4,7-8H2,1H3,(H,17,20). The average Bonchev–Trinajstić information content (AvgIpc) is 3.09. The lowest BCUT2D eigenvalue weighted by molar-refractivity contribution is 0.232. The molecule has 0 bridgehead atoms. The molecule has 1 saturated heterocycles. The van der Waals surface area contributed by atoms with Gasteiger partial charge in [-0.25, -0.2) is 14.8 Å². The first-order valence-corrected chi connectivity index (χ1v) is 6.94. The van der Waals surface area contributed by atoms with Gasteiger partial charge in [0.05, 0.1) is 18.3 Å². The quantitative estimate of drug-likeness (QED) is 0.888. The van der Waals surface area contributed by atoms with Crippen LogP contribution in [0.2, 0.25) is 0 Å². The van der Waals surface area contributed by atoms with Gasteiger partial charge in [0.25, 0.3) is 5.56 Å². The molecule has 106 valence electrons. The summed E-state index contributed by atoms with van der Waals surface area (Å²) in [7, 11) is 0. The zero-order valence-electron chi connectivity index (χ0n) is 11.5. The minimum absolute atomic E-state index is 0.163. The normalized spacial score (nSPS) is 19.6. The molecule has 0 saturated carbocycles. The Bertz CT molecular complexity index is 613. The van der Waals surface area contributed by atoms with Gasteiger partial charge >= 0.3 is 0 Å². The third-order valence-electron chi connectivity index (χ3n) is 3.75. The Kier molecular flexibility index (Phi) is 3.60. The molecule has 0 aliphatic carbocycles. The molecule has 0 radical (unpaired) electrons. The number of hydrogen-bond acceptors (Lipinski definition) is 5. The minimum atomic E-state index is -0.163. The number of H-pyrrole nitrogens is 1. The molecule has 7 nitrogen and oxygen atoms in total. The Hall–Kier alpha value is -2.02. The van der Waals surface area contributed by atoms with Crippen molar-refractivity contribution in [3.05, 3.63) is 40.3 Å². The van der Waals surface area contributed by atoms with Gasteiger partial charge in [-0.2, -0.15) is 10.2 Å². The van der Waals surface area contributed by atoms with Crippen molar-refractivity contribution in [3.63, 3.8) is 0 Å². The van der Waals surface area contributed by atoms with Crippen LogP contribution >= 0.6 is 0 Å². The summed E-state index contributed by atoms with van der Waals surface area (Å²) in [5.41, 5.74) is 0.758. The molecule has 0 amide bonds. The maximum Gasteiger partial charge on any atom is 0.264 e. The maximum atomic E-state index is 11.1. The molecule has 1 aliphatic heterocycles. The van der Waals surface area contributed by atoms with E-state index in [9.17, 15) is 4.79 Å². The molecule has 3 heterocycles. The van der Waals surface area contributed by atoms with Crippen LogP contribution in [0, 0.1) is 0 Å². The lowest BCUT2D eigenvalue weighted by atomic mass is 10.1. The van der Waals surface area contributed by atoms with Crippen molar-refractivity contribution < 1.29 is 0 Å². The second-order valence-corrected chi connectivity index (χ2v) is 4.97. The minimum Gasteiger partial charge on any atom is -0.287 e. The summed E-state index contributed by atoms with van der Waals surface area (Å²) in [4.78, 5) is 17.8. The Balaban J connectivity index is 1.79. The highest BCUT2D eigenvalue weighted by Gasteiger charge is 2.28. The molecule has 0 spiro atoms. The zero-order valence-corrected chi connectivity index (χ0v) is 11.5. The molecule has 1 aliphatic rings. The summed E-state index contributed by atoms with van der Waals surface area (Å²) in [6.07, 6.45) is 3.78. The van der Waals surface area contributed by atoms with E-state index < -0.39 is 0 Å². The van der Waals surface area contributed by atoms with Gasteiger partial charge in [-0.15, -0.1) is 0 Å². The Morgan fingerprint density at radius 3 is 3.10 bits per heavy atom. The molecular formula is C13H18N6O. The highest BCUT2D eigenvalue weighted by molar-refractivity contribution is 5.08. The molecule has 7 heteroatoms. The summed E-state index contributed by atoms with van der Waals surface area (Å²) >= 11 is 0. The third kappa shape index (κ3) is 2.49. The van der Waals surface area contributed by atoms with Gasteiger partial charge in [-0.3, -0.25) is 9.69 Å². The van der Waals surface area contributed by atoms with Gasteiger partial charge in [-0.1, -0.05) is 0 Å². The number of likely N-dealkylation sites (tertiary alicyclic amines) is 1. The van der Waals surface area contributed by atoms with E-state index in [0.29, 0.717) is 0 Å². The maximum absolute atomic E-state index is 11.1. The van der Waals surface area contributed by atoms with Crippen LogP contribution in [0.5, 0.6) is 0 Å². The largest absolute Gasteiger partial charge is 0.287 e. The monoisotopic (exact) mass is 274 g/mol. The Morgan fingerprint density at radius 1 is 1.45 bits per heavy atom. The van der Waals surface area contributed by atoms with Gasteiger partial charge in [0, 0.05) is 12.6 Å². The van der Waals surface area contributed by atoms with E-state index >= 15 is 0 Å². The number of nitrogens with zero attached hydrogens (tertiary/aromatic N) is 5. The molecule has 2 aromatic heterocycles. The molecule has 0 aromatic carbocycles. The van der Waals surface area contributed by atoms with E-state index in [1.165, 1.54) is 6.07 Å². The number of aryl methyl sites for hydroxylation is 1. The van der Waals surface area contributed by atoms with E-state index in [1.807, 2.05) is 10.7 Å². The summed E-state index contributed by atoms with van der Waals surface area (Å²) in [6.45, 7) is 4.66. The van der Waals surface area contributed by atoms with Crippen LogP contribution in [-0.2, 0) is 13.1 Å². The number of aromatic nitrogens is 5. The third-order valence-corrected chi connectivity index (χ3v) is 3.75. The van der Waals surface area contributed by atoms with Gasteiger partial charge in [0.1, 0.15) is 12.2 Å². The van der Waals surface area contributed by atoms with E-state index in [1.54, 1.807) is 6.33 Å². The van der Waals surface area contributed by atoms with Crippen molar-refractivity contribution >= 4 is 0 Å². The van der Waals surface area contributed by atoms with Gasteiger partial charge in [0.2, 0.25) is 0 Å². The number of aromatic amines is 1. The van der Waals surface area contributed by atoms with E-state index in [0.717, 1.165) is 44.0 Å². The number of rotatable bonds is 4. The summed E-state index contributed by atoms with van der Waals surface area (Å²) in [5.74, 6) is 0.976. The first kappa shape index (κ1) is 13.0. The number of hydrogen-bond donors (Lipinski definition) is 1. The second kappa shape index (κ2) is 5.54. The highest BCUT2D eigenvalue weighted by atomic mass is 16.1. The van der Waals surface area contributed by atoms with E-state index in [-0.39, 0.29) is 11.6 Å². The van der Waals surface area contributed by atoms with Gasteiger partial charge in [-0.05, 0) is 32.4 Å². The molecule has 1 N–H and O–H groups in total. The predicted octanol–water partition coefficient (Wildman–Crippen LogP) is 0.718. The van der Waals surface area contributed by atoms with Crippen LogP contribution in [0.15, 0.2) is 23.3 Å². The lowest BCUT2D eigenvalue weighted by Gasteiger charge is -2.23. The fourth-order valence-corrected chi connectivity index (χ4v) is 2.75. The van der Waals surface area contributed by atoms with Crippen LogP contribution in [0.3, 0.4) is 0 Å². The van der Waals surface area contributed by atoms with Crippen LogP contribution < -0.4 is 5.56 Å². The van der Waals surface area contributed by atoms with Gasteiger partial charge < -0.3 is 0 Å². The highest BCUT2D eigenvalue weighted by Crippen LogP contribution is 2.31. The van der Waals surface area contributed by atoms with Crippen molar-refractivity contribution in [1.29, 1.82) is 0 Å². The molecule has 1 unspecified atom stereocenters. The van der Waals surface area contributed by atoms with Crippen LogP contribution in [0.1, 0.15) is 37.3 Å². The molecule has 1 fully saturated rings. The molecule has 3 rings (SSSR count). The van der Waals surface area contributed by atoms with Crippen LogP contribution in [-0.4, -0.2) is 36.4 Å². The van der Waals surface area contributed by atoms with E-state index in [2.05, 4.69) is 32.1 Å². The number of nitrogens with one attached hydrogen (secondary N) is 1. The molecular weight excluding hydrogens is 256 g/mol. The van der Waals surface area contributed by atoms with E-state index in [4.69, 9.17) is 0 Å². The van der Waals surface area contributed by atoms with Crippen molar-refractivity contribution in [2.24, 2.45) is 0 Å². The first-order chi connectivity index (χ1) is 9.78. The SMILES string of the molecule is CCn1ncnc1CN1CCCC1c1ccc(=O)[nH]n1. The van der Waals surface area contributed by atoms with Crippen molar-refractivity contribution in [2.45, 2.75) is 38.9 Å². The Morgan fingerprint density at radius 2 is 2.35 bits per heavy atom. The topological polar surface area (TPSA) is 79.7 Å². The lowest BCUT2D eigenvalue weighted by Crippen LogP contribution is -2.26. The van der Waals surface area contributed by atoms with Crippen molar-refractivity contribution in [3.8, 4) is 0 Å². The molecule has 20 heavy (non-hydrogen) atoms. The fraction of sp³-hybridized carbons (Fsp3) is 0.538. The fourth-order valence-electron chi connectivity index (χ4n) is 2.75. The average molecular weight is 274 g/mol. The van der Waals surface area contributed by atoms with Crippen molar-refractivity contribution in [1.82, 2.24) is 29.9 Å². The Labute approximate surface area is 116 Å². The zero-order chi connectivity index (χ0) is 13.9. The predicted molar refractivity (Wildman–Crippen MR) is 72.9 cm³/mol. The van der Waals surface area contributed by atoms with Crippen LogP contribution in [0.4, 0.5) is 0 Å².